The number of aromatic nitrogens is 2. The molecule has 0 atom stereocenters. The average Bonchev–Trinajstić information content (AvgIpc) is 3.22. The molecule has 3 rings (SSSR count). The van der Waals surface area contributed by atoms with Crippen molar-refractivity contribution in [2.75, 3.05) is 32.1 Å². The highest BCUT2D eigenvalue weighted by Gasteiger charge is 2.42. The number of ether oxygens (including phenoxy) is 2. The van der Waals surface area contributed by atoms with Crippen molar-refractivity contribution >= 4 is 30.0 Å². The Hall–Kier alpha value is -2.58. The van der Waals surface area contributed by atoms with Gasteiger partial charge in [0, 0.05) is 24.1 Å². The number of esters is 1. The van der Waals surface area contributed by atoms with E-state index in [2.05, 4.69) is 20.5 Å². The molecule has 9 heteroatoms. The summed E-state index contributed by atoms with van der Waals surface area (Å²) in [5.41, 5.74) is -0.125. The van der Waals surface area contributed by atoms with Gasteiger partial charge < -0.3 is 20.1 Å². The third-order valence-electron chi connectivity index (χ3n) is 4.47. The molecule has 1 aromatic heterocycles. The van der Waals surface area contributed by atoms with E-state index in [0.717, 1.165) is 13.1 Å². The second-order valence-corrected chi connectivity index (χ2v) is 6.08. The maximum absolute atomic E-state index is 13.1. The second-order valence-electron chi connectivity index (χ2n) is 6.08. The Labute approximate surface area is 163 Å². The van der Waals surface area contributed by atoms with Gasteiger partial charge in [-0.3, -0.25) is 9.48 Å². The van der Waals surface area contributed by atoms with E-state index in [9.17, 15) is 9.59 Å². The van der Waals surface area contributed by atoms with Gasteiger partial charge >= 0.3 is 5.97 Å². The quantitative estimate of drug-likeness (QED) is 0.722. The van der Waals surface area contributed by atoms with Gasteiger partial charge in [-0.05, 0) is 44.1 Å². The number of anilines is 1. The van der Waals surface area contributed by atoms with Crippen LogP contribution in [0.3, 0.4) is 0 Å². The lowest BCUT2D eigenvalue weighted by atomic mass is 9.87. The van der Waals surface area contributed by atoms with Crippen LogP contribution in [0.2, 0.25) is 0 Å². The van der Waals surface area contributed by atoms with E-state index in [1.54, 1.807) is 35.1 Å². The molecule has 1 aliphatic heterocycles. The predicted octanol–water partition coefficient (Wildman–Crippen LogP) is 1.57. The largest absolute Gasteiger partial charge is 0.482 e. The van der Waals surface area contributed by atoms with Crippen LogP contribution >= 0.6 is 12.4 Å². The molecule has 1 aliphatic rings. The summed E-state index contributed by atoms with van der Waals surface area (Å²) in [4.78, 5) is 24.3. The molecule has 1 saturated heterocycles. The summed E-state index contributed by atoms with van der Waals surface area (Å²) in [5.74, 6) is -0.105. The molecule has 2 aromatic rings. The minimum absolute atomic E-state index is 0. The van der Waals surface area contributed by atoms with Gasteiger partial charge in [0.05, 0.1) is 7.11 Å². The smallest absolute Gasteiger partial charge is 0.343 e. The highest BCUT2D eigenvalue weighted by Crippen LogP contribution is 2.29. The molecule has 8 nitrogen and oxygen atoms in total. The summed E-state index contributed by atoms with van der Waals surface area (Å²) in [6.07, 6.45) is 4.80. The van der Waals surface area contributed by atoms with E-state index < -0.39 is 11.5 Å². The zero-order chi connectivity index (χ0) is 18.4. The predicted molar refractivity (Wildman–Crippen MR) is 102 cm³/mol. The van der Waals surface area contributed by atoms with Gasteiger partial charge in [-0.25, -0.2) is 4.79 Å². The topological polar surface area (TPSA) is 94.5 Å². The zero-order valence-electron chi connectivity index (χ0n) is 15.0. The second kappa shape index (κ2) is 9.38. The number of piperidine rings is 1. The summed E-state index contributed by atoms with van der Waals surface area (Å²) >= 11 is 0. The first-order chi connectivity index (χ1) is 12.6. The van der Waals surface area contributed by atoms with Gasteiger partial charge in [-0.15, -0.1) is 12.4 Å². The van der Waals surface area contributed by atoms with Crippen LogP contribution in [0.5, 0.6) is 5.75 Å². The highest BCUT2D eigenvalue weighted by atomic mass is 35.5. The number of carbonyl (C=O) groups is 2. The molecule has 0 unspecified atom stereocenters. The number of hydrogen-bond acceptors (Lipinski definition) is 6. The van der Waals surface area contributed by atoms with E-state index >= 15 is 0 Å². The van der Waals surface area contributed by atoms with Crippen molar-refractivity contribution in [3.05, 3.63) is 42.7 Å². The fourth-order valence-electron chi connectivity index (χ4n) is 3.03. The molecular formula is C18H23ClN4O4. The molecule has 146 valence electrons. The van der Waals surface area contributed by atoms with Crippen LogP contribution in [0.1, 0.15) is 12.8 Å². The number of nitrogens with one attached hydrogen (secondary N) is 2. The van der Waals surface area contributed by atoms with E-state index in [1.807, 2.05) is 12.3 Å². The van der Waals surface area contributed by atoms with Crippen LogP contribution in [0, 0.1) is 0 Å². The summed E-state index contributed by atoms with van der Waals surface area (Å²) in [7, 11) is 1.30. The summed E-state index contributed by atoms with van der Waals surface area (Å²) in [5, 5.41) is 10.5. The number of benzene rings is 1. The number of methoxy groups -OCH3 is 1. The number of amides is 1. The van der Waals surface area contributed by atoms with Crippen molar-refractivity contribution in [3.8, 4) is 5.75 Å². The molecule has 1 fully saturated rings. The fraction of sp³-hybridized carbons (Fsp3) is 0.389. The number of halogens is 1. The zero-order valence-corrected chi connectivity index (χ0v) is 15.8. The van der Waals surface area contributed by atoms with Crippen LogP contribution in [-0.4, -0.2) is 48.5 Å². The van der Waals surface area contributed by atoms with E-state index in [4.69, 9.17) is 4.74 Å². The molecule has 0 aliphatic carbocycles. The van der Waals surface area contributed by atoms with Crippen molar-refractivity contribution < 1.29 is 19.1 Å². The Morgan fingerprint density at radius 1 is 1.30 bits per heavy atom. The molecule has 0 saturated carbocycles. The van der Waals surface area contributed by atoms with Crippen LogP contribution in [0.15, 0.2) is 42.7 Å². The standard InChI is InChI=1S/C18H22N4O4.ClH/c1-25-16(23)13-26-15-5-2-4-14(12-15)21-17(24)18(6-9-19-10-7-18)22-11-3-8-20-22;/h2-5,8,11-12,19H,6-7,9-10,13H2,1H3,(H,21,24);1H. The number of nitrogens with zero attached hydrogens (tertiary/aromatic N) is 2. The summed E-state index contributed by atoms with van der Waals surface area (Å²) in [6, 6.07) is 8.75. The van der Waals surface area contributed by atoms with Gasteiger partial charge in [0.25, 0.3) is 5.91 Å². The molecule has 0 radical (unpaired) electrons. The molecule has 0 bridgehead atoms. The van der Waals surface area contributed by atoms with Crippen molar-refractivity contribution in [1.82, 2.24) is 15.1 Å². The third-order valence-corrected chi connectivity index (χ3v) is 4.47. The Bertz CT molecular complexity index is 760. The Balaban J connectivity index is 0.00000261. The van der Waals surface area contributed by atoms with Crippen molar-refractivity contribution in [3.63, 3.8) is 0 Å². The first-order valence-electron chi connectivity index (χ1n) is 8.46. The lowest BCUT2D eigenvalue weighted by Gasteiger charge is -2.36. The number of rotatable bonds is 6. The number of hydrogen-bond donors (Lipinski definition) is 2. The van der Waals surface area contributed by atoms with Crippen molar-refractivity contribution in [2.24, 2.45) is 0 Å². The lowest BCUT2D eigenvalue weighted by molar-refractivity contribution is -0.142. The fourth-order valence-corrected chi connectivity index (χ4v) is 3.03. The first kappa shape index (κ1) is 20.7. The SMILES string of the molecule is COC(=O)COc1cccc(NC(=O)C2(n3cccn3)CCNCC2)c1.Cl. The van der Waals surface area contributed by atoms with Gasteiger partial charge in [0.2, 0.25) is 0 Å². The maximum atomic E-state index is 13.1. The minimum atomic E-state index is -0.725. The molecule has 27 heavy (non-hydrogen) atoms. The first-order valence-corrected chi connectivity index (χ1v) is 8.46. The Morgan fingerprint density at radius 3 is 2.74 bits per heavy atom. The van der Waals surface area contributed by atoms with Gasteiger partial charge in [0.15, 0.2) is 6.61 Å². The minimum Gasteiger partial charge on any atom is -0.482 e. The summed E-state index contributed by atoms with van der Waals surface area (Å²) < 4.78 is 11.7. The van der Waals surface area contributed by atoms with Crippen LogP contribution in [0.25, 0.3) is 0 Å². The molecular weight excluding hydrogens is 372 g/mol. The van der Waals surface area contributed by atoms with Crippen LogP contribution in [-0.2, 0) is 19.9 Å². The average molecular weight is 395 g/mol. The van der Waals surface area contributed by atoms with Crippen LogP contribution in [0.4, 0.5) is 5.69 Å². The van der Waals surface area contributed by atoms with E-state index in [0.29, 0.717) is 24.3 Å². The third kappa shape index (κ3) is 4.78. The Kier molecular flexibility index (Phi) is 7.20. The normalized spacial score (nSPS) is 15.3. The van der Waals surface area contributed by atoms with E-state index in [1.165, 1.54) is 7.11 Å². The summed E-state index contributed by atoms with van der Waals surface area (Å²) in [6.45, 7) is 1.31. The van der Waals surface area contributed by atoms with Crippen molar-refractivity contribution in [1.29, 1.82) is 0 Å². The maximum Gasteiger partial charge on any atom is 0.343 e. The monoisotopic (exact) mass is 394 g/mol. The van der Waals surface area contributed by atoms with Crippen molar-refractivity contribution in [2.45, 2.75) is 18.4 Å². The lowest BCUT2D eigenvalue weighted by Crippen LogP contribution is -2.52. The molecule has 1 aromatic carbocycles. The van der Waals surface area contributed by atoms with Crippen LogP contribution < -0.4 is 15.4 Å². The Morgan fingerprint density at radius 2 is 2.07 bits per heavy atom. The molecule has 2 N–H and O–H groups in total. The highest BCUT2D eigenvalue weighted by molar-refractivity contribution is 5.97. The van der Waals surface area contributed by atoms with Gasteiger partial charge in [0.1, 0.15) is 11.3 Å². The van der Waals surface area contributed by atoms with Gasteiger partial charge in [-0.1, -0.05) is 6.07 Å². The molecule has 1 amide bonds. The number of carbonyl (C=O) groups excluding carboxylic acids is 2. The van der Waals surface area contributed by atoms with Gasteiger partial charge in [-0.2, -0.15) is 5.10 Å². The molecule has 2 heterocycles. The molecule has 0 spiro atoms. The van der Waals surface area contributed by atoms with E-state index in [-0.39, 0.29) is 24.9 Å².